The van der Waals surface area contributed by atoms with E-state index in [4.69, 9.17) is 4.74 Å². The minimum atomic E-state index is -2.55. The molecule has 0 spiro atoms. The summed E-state index contributed by atoms with van der Waals surface area (Å²) in [5, 5.41) is 0. The number of morpholine rings is 1. The second kappa shape index (κ2) is 5.37. The van der Waals surface area contributed by atoms with E-state index in [1.165, 1.54) is 0 Å². The molecule has 2 fully saturated rings. The fraction of sp³-hybridized carbons (Fsp3) is 0.562. The number of benzene rings is 1. The number of hydrogen-bond donors (Lipinski definition) is 0. The number of amides is 1. The van der Waals surface area contributed by atoms with Crippen molar-refractivity contribution in [1.82, 2.24) is 4.90 Å². The van der Waals surface area contributed by atoms with Crippen molar-refractivity contribution in [3.63, 3.8) is 0 Å². The van der Waals surface area contributed by atoms with E-state index in [-0.39, 0.29) is 19.1 Å². The summed E-state index contributed by atoms with van der Waals surface area (Å²) in [7, 11) is 0. The minimum Gasteiger partial charge on any atom is -0.369 e. The van der Waals surface area contributed by atoms with Gasteiger partial charge in [0.15, 0.2) is 0 Å². The molecule has 0 bridgehead atoms. The lowest BCUT2D eigenvalue weighted by Crippen LogP contribution is -2.51. The van der Waals surface area contributed by atoms with Crippen LogP contribution in [0.15, 0.2) is 24.3 Å². The van der Waals surface area contributed by atoms with E-state index in [9.17, 15) is 13.6 Å². The zero-order valence-electron chi connectivity index (χ0n) is 12.0. The summed E-state index contributed by atoms with van der Waals surface area (Å²) in [5.41, 5.74) is 1.63. The summed E-state index contributed by atoms with van der Waals surface area (Å²) in [6.45, 7) is 2.56. The summed E-state index contributed by atoms with van der Waals surface area (Å²) in [4.78, 5) is 14.4. The SMILES string of the molecule is Cc1ccccc1C1(C(=O)N2CCOC(C(F)F)C2)CC1. The maximum absolute atomic E-state index is 12.8. The molecule has 0 radical (unpaired) electrons. The van der Waals surface area contributed by atoms with Gasteiger partial charge in [0.05, 0.1) is 18.6 Å². The Balaban J connectivity index is 1.80. The van der Waals surface area contributed by atoms with Gasteiger partial charge in [0.25, 0.3) is 6.43 Å². The van der Waals surface area contributed by atoms with Gasteiger partial charge < -0.3 is 9.64 Å². The number of carbonyl (C=O) groups excluding carboxylic acids is 1. The van der Waals surface area contributed by atoms with Gasteiger partial charge in [0.1, 0.15) is 6.10 Å². The van der Waals surface area contributed by atoms with Crippen molar-refractivity contribution in [3.8, 4) is 0 Å². The minimum absolute atomic E-state index is 0.00979. The number of aryl methyl sites for hydroxylation is 1. The Morgan fingerprint density at radius 1 is 1.38 bits per heavy atom. The lowest BCUT2D eigenvalue weighted by atomic mass is 9.90. The lowest BCUT2D eigenvalue weighted by Gasteiger charge is -2.35. The molecular formula is C16H19F2NO2. The molecule has 1 heterocycles. The number of nitrogens with zero attached hydrogens (tertiary/aromatic N) is 1. The van der Waals surface area contributed by atoms with Gasteiger partial charge in [0.2, 0.25) is 5.91 Å². The molecule has 114 valence electrons. The van der Waals surface area contributed by atoms with Crippen LogP contribution in [0.25, 0.3) is 0 Å². The highest BCUT2D eigenvalue weighted by molar-refractivity contribution is 5.91. The summed E-state index contributed by atoms with van der Waals surface area (Å²) < 4.78 is 30.6. The maximum atomic E-state index is 12.8. The van der Waals surface area contributed by atoms with Gasteiger partial charge in [-0.3, -0.25) is 4.79 Å². The lowest BCUT2D eigenvalue weighted by molar-refractivity contribution is -0.149. The molecular weight excluding hydrogens is 276 g/mol. The monoisotopic (exact) mass is 295 g/mol. The van der Waals surface area contributed by atoms with E-state index in [2.05, 4.69) is 0 Å². The van der Waals surface area contributed by atoms with Gasteiger partial charge in [-0.25, -0.2) is 8.78 Å². The predicted molar refractivity (Wildman–Crippen MR) is 74.4 cm³/mol. The zero-order valence-corrected chi connectivity index (χ0v) is 12.0. The number of ether oxygens (including phenoxy) is 1. The first-order valence-corrected chi connectivity index (χ1v) is 7.30. The second-order valence-electron chi connectivity index (χ2n) is 5.89. The van der Waals surface area contributed by atoms with Crippen molar-refractivity contribution in [2.24, 2.45) is 0 Å². The average Bonchev–Trinajstić information content (AvgIpc) is 3.28. The third-order valence-corrected chi connectivity index (χ3v) is 4.48. The Morgan fingerprint density at radius 2 is 2.10 bits per heavy atom. The zero-order chi connectivity index (χ0) is 15.0. The van der Waals surface area contributed by atoms with Crippen molar-refractivity contribution in [2.45, 2.75) is 37.7 Å². The second-order valence-corrected chi connectivity index (χ2v) is 5.89. The Morgan fingerprint density at radius 3 is 2.71 bits per heavy atom. The van der Waals surface area contributed by atoms with E-state index >= 15 is 0 Å². The summed E-state index contributed by atoms with van der Waals surface area (Å²) in [5.74, 6) is -0.0225. The van der Waals surface area contributed by atoms with Crippen LogP contribution in [0.3, 0.4) is 0 Å². The molecule has 0 aromatic heterocycles. The number of rotatable bonds is 3. The van der Waals surface area contributed by atoms with Crippen LogP contribution in [-0.4, -0.2) is 43.0 Å². The number of halogens is 2. The predicted octanol–water partition coefficient (Wildman–Crippen LogP) is 2.52. The third kappa shape index (κ3) is 2.55. The molecule has 1 unspecified atom stereocenters. The normalized spacial score (nSPS) is 24.2. The Kier molecular flexibility index (Phi) is 3.69. The highest BCUT2D eigenvalue weighted by Crippen LogP contribution is 2.50. The molecule has 2 aliphatic rings. The Hall–Kier alpha value is -1.49. The van der Waals surface area contributed by atoms with E-state index in [1.54, 1.807) is 4.90 Å². The molecule has 3 rings (SSSR count). The molecule has 3 nitrogen and oxygen atoms in total. The van der Waals surface area contributed by atoms with Crippen LogP contribution in [0.5, 0.6) is 0 Å². The van der Waals surface area contributed by atoms with Gasteiger partial charge >= 0.3 is 0 Å². The first kappa shape index (κ1) is 14.4. The van der Waals surface area contributed by atoms with Crippen molar-refractivity contribution in [1.29, 1.82) is 0 Å². The first-order valence-electron chi connectivity index (χ1n) is 7.30. The van der Waals surface area contributed by atoms with Crippen LogP contribution >= 0.6 is 0 Å². The molecule has 1 atom stereocenters. The Bertz CT molecular complexity index is 543. The summed E-state index contributed by atoms with van der Waals surface area (Å²) in [6, 6.07) is 7.84. The molecule has 1 aliphatic heterocycles. The van der Waals surface area contributed by atoms with E-state index in [0.29, 0.717) is 6.54 Å². The van der Waals surface area contributed by atoms with Crippen molar-refractivity contribution in [2.75, 3.05) is 19.7 Å². The largest absolute Gasteiger partial charge is 0.369 e. The van der Waals surface area contributed by atoms with Gasteiger partial charge in [-0.15, -0.1) is 0 Å². The average molecular weight is 295 g/mol. The summed E-state index contributed by atoms with van der Waals surface area (Å²) in [6.07, 6.45) is -2.11. The van der Waals surface area contributed by atoms with Crippen molar-refractivity contribution in [3.05, 3.63) is 35.4 Å². The molecule has 5 heteroatoms. The van der Waals surface area contributed by atoms with Crippen LogP contribution in [0, 0.1) is 6.92 Å². The number of alkyl halides is 2. The fourth-order valence-electron chi connectivity index (χ4n) is 3.15. The van der Waals surface area contributed by atoms with E-state index in [1.807, 2.05) is 31.2 Å². The third-order valence-electron chi connectivity index (χ3n) is 4.48. The van der Waals surface area contributed by atoms with Crippen LogP contribution in [0.1, 0.15) is 24.0 Å². The summed E-state index contributed by atoms with van der Waals surface area (Å²) >= 11 is 0. The Labute approximate surface area is 122 Å². The van der Waals surface area contributed by atoms with Gasteiger partial charge in [-0.2, -0.15) is 0 Å². The van der Waals surface area contributed by atoms with Gasteiger partial charge in [-0.05, 0) is 30.9 Å². The molecule has 1 aromatic rings. The maximum Gasteiger partial charge on any atom is 0.266 e. The standard InChI is InChI=1S/C16H19F2NO2/c1-11-4-2-3-5-12(11)16(6-7-16)15(20)19-8-9-21-13(10-19)14(17)18/h2-5,13-14H,6-10H2,1H3. The topological polar surface area (TPSA) is 29.5 Å². The van der Waals surface area contributed by atoms with Crippen molar-refractivity contribution < 1.29 is 18.3 Å². The van der Waals surface area contributed by atoms with Crippen LogP contribution < -0.4 is 0 Å². The number of hydrogen-bond acceptors (Lipinski definition) is 2. The first-order chi connectivity index (χ1) is 10.0. The fourth-order valence-corrected chi connectivity index (χ4v) is 3.15. The van der Waals surface area contributed by atoms with Crippen molar-refractivity contribution >= 4 is 5.91 Å². The van der Waals surface area contributed by atoms with E-state index in [0.717, 1.165) is 24.0 Å². The van der Waals surface area contributed by atoms with E-state index < -0.39 is 17.9 Å². The molecule has 1 aliphatic carbocycles. The van der Waals surface area contributed by atoms with Crippen LogP contribution in [0.2, 0.25) is 0 Å². The molecule has 1 saturated heterocycles. The quantitative estimate of drug-likeness (QED) is 0.857. The molecule has 21 heavy (non-hydrogen) atoms. The van der Waals surface area contributed by atoms with Gasteiger partial charge in [-0.1, -0.05) is 24.3 Å². The highest BCUT2D eigenvalue weighted by atomic mass is 19.3. The highest BCUT2D eigenvalue weighted by Gasteiger charge is 2.54. The van der Waals surface area contributed by atoms with Crippen LogP contribution in [-0.2, 0) is 14.9 Å². The number of carbonyl (C=O) groups is 1. The van der Waals surface area contributed by atoms with Crippen LogP contribution in [0.4, 0.5) is 8.78 Å². The smallest absolute Gasteiger partial charge is 0.266 e. The molecule has 1 amide bonds. The molecule has 1 aromatic carbocycles. The van der Waals surface area contributed by atoms with Gasteiger partial charge in [0, 0.05) is 6.54 Å². The molecule has 1 saturated carbocycles. The molecule has 0 N–H and O–H groups in total.